The standard InChI is InChI=1S/2C2H4O2.K.Mg.H/c2*1-2(3)4;;;/h2*1H3,(H,3,4);;;/q;;;+2;/p-2. The maximum Gasteiger partial charge on any atom is 2.00 e. The Morgan fingerprint density at radius 2 is 1.00 bits per heavy atom. The van der Waals surface area contributed by atoms with Crippen molar-refractivity contribution in [3.8, 4) is 0 Å². The molecule has 0 aromatic carbocycles. The quantitative estimate of drug-likeness (QED) is 0.364. The van der Waals surface area contributed by atoms with E-state index in [2.05, 4.69) is 0 Å². The molecule has 0 aliphatic heterocycles. The monoisotopic (exact) mass is 182 g/mol. The summed E-state index contributed by atoms with van der Waals surface area (Å²) in [4.78, 5) is 17.8. The van der Waals surface area contributed by atoms with E-state index in [1.165, 1.54) is 0 Å². The number of hydrogen-bond donors (Lipinski definition) is 0. The topological polar surface area (TPSA) is 80.3 Å². The Balaban J connectivity index is -0.0000000300. The van der Waals surface area contributed by atoms with E-state index in [0.717, 1.165) is 13.8 Å². The number of carboxylic acids is 2. The molecule has 0 fully saturated rings. The van der Waals surface area contributed by atoms with Gasteiger partial charge in [-0.05, 0) is 13.8 Å². The van der Waals surface area contributed by atoms with Crippen LogP contribution in [0.1, 0.15) is 13.8 Å². The number of carboxylic acid groups (broad SMARTS) is 2. The van der Waals surface area contributed by atoms with E-state index >= 15 is 0 Å². The van der Waals surface area contributed by atoms with Crippen LogP contribution >= 0.6 is 0 Å². The fourth-order valence-corrected chi connectivity index (χ4v) is 0. The molecule has 0 aromatic heterocycles. The third-order valence-electron chi connectivity index (χ3n) is 0. The van der Waals surface area contributed by atoms with Crippen LogP contribution in [0.4, 0.5) is 0 Å². The molecule has 0 heterocycles. The molecule has 4 nitrogen and oxygen atoms in total. The van der Waals surface area contributed by atoms with Gasteiger partial charge < -0.3 is 19.8 Å². The molecule has 0 rings (SSSR count). The van der Waals surface area contributed by atoms with Gasteiger partial charge in [-0.15, -0.1) is 0 Å². The molecule has 0 aliphatic carbocycles. The summed E-state index contributed by atoms with van der Waals surface area (Å²) in [6.07, 6.45) is 0. The summed E-state index contributed by atoms with van der Waals surface area (Å²) in [6, 6.07) is 0. The first-order valence-corrected chi connectivity index (χ1v) is 1.82. The third-order valence-corrected chi connectivity index (χ3v) is 0. The summed E-state index contributed by atoms with van der Waals surface area (Å²) in [7, 11) is 0. The van der Waals surface area contributed by atoms with Crippen LogP contribution in [0.5, 0.6) is 0 Å². The molecule has 0 aliphatic rings. The van der Waals surface area contributed by atoms with Crippen molar-refractivity contribution >= 4 is 86.4 Å². The van der Waals surface area contributed by atoms with Crippen molar-refractivity contribution in [3.63, 3.8) is 0 Å². The van der Waals surface area contributed by atoms with Crippen LogP contribution in [-0.2, 0) is 9.59 Å². The van der Waals surface area contributed by atoms with Gasteiger partial charge in [0.15, 0.2) is 0 Å². The molecule has 0 amide bonds. The molecule has 0 saturated carbocycles. The molecule has 50 valence electrons. The molecule has 0 aromatic rings. The van der Waals surface area contributed by atoms with E-state index in [1.807, 2.05) is 0 Å². The van der Waals surface area contributed by atoms with Crippen LogP contribution in [0.15, 0.2) is 0 Å². The zero-order valence-electron chi connectivity index (χ0n) is 5.34. The molecular formula is C4H7KMgO4. The zero-order valence-corrected chi connectivity index (χ0v) is 6.75. The van der Waals surface area contributed by atoms with Gasteiger partial charge in [-0.2, -0.15) is 0 Å². The molecule has 6 heteroatoms. The normalized spacial score (nSPS) is 5.00. The first-order chi connectivity index (χ1) is 3.46. The summed E-state index contributed by atoms with van der Waals surface area (Å²) in [5.74, 6) is -2.17. The number of rotatable bonds is 0. The van der Waals surface area contributed by atoms with Crippen molar-refractivity contribution in [2.45, 2.75) is 13.8 Å². The Hall–Kier alpha value is 1.34. The number of hydrogen-bond acceptors (Lipinski definition) is 4. The van der Waals surface area contributed by atoms with E-state index < -0.39 is 11.9 Å². The molecule has 10 heavy (non-hydrogen) atoms. The Kier molecular flexibility index (Phi) is 37.7. The molecule has 0 radical (unpaired) electrons. The van der Waals surface area contributed by atoms with Crippen LogP contribution in [-0.4, -0.2) is 86.4 Å². The second-order valence-electron chi connectivity index (χ2n) is 0.983. The van der Waals surface area contributed by atoms with E-state index in [9.17, 15) is 0 Å². The molecule has 0 atom stereocenters. The predicted octanol–water partition coefficient (Wildman–Crippen LogP) is -3.52. The average Bonchev–Trinajstić information content (AvgIpc) is 1.25. The van der Waals surface area contributed by atoms with E-state index in [0.29, 0.717) is 0 Å². The molecule has 0 N–H and O–H groups in total. The number of aliphatic carboxylic acids is 2. The molecular weight excluding hydrogens is 175 g/mol. The van der Waals surface area contributed by atoms with Crippen LogP contribution < -0.4 is 10.2 Å². The minimum atomic E-state index is -1.08. The summed E-state index contributed by atoms with van der Waals surface area (Å²) in [5, 5.41) is 17.8. The Morgan fingerprint density at radius 1 is 1.00 bits per heavy atom. The van der Waals surface area contributed by atoms with Crippen LogP contribution in [0.3, 0.4) is 0 Å². The smallest absolute Gasteiger partial charge is 2.00 e. The summed E-state index contributed by atoms with van der Waals surface area (Å²) in [5.41, 5.74) is 0. The van der Waals surface area contributed by atoms with Gasteiger partial charge in [0.2, 0.25) is 0 Å². The van der Waals surface area contributed by atoms with Gasteiger partial charge in [0.25, 0.3) is 0 Å². The first kappa shape index (κ1) is 22.5. The van der Waals surface area contributed by atoms with Crippen molar-refractivity contribution in [1.82, 2.24) is 0 Å². The van der Waals surface area contributed by atoms with Gasteiger partial charge in [0.05, 0.1) is 0 Å². The Labute approximate surface area is 118 Å². The van der Waals surface area contributed by atoms with Crippen molar-refractivity contribution in [2.24, 2.45) is 0 Å². The molecule has 0 unspecified atom stereocenters. The summed E-state index contributed by atoms with van der Waals surface area (Å²) in [6.45, 7) is 1.94. The first-order valence-electron chi connectivity index (χ1n) is 1.82. The van der Waals surface area contributed by atoms with Gasteiger partial charge in [-0.3, -0.25) is 0 Å². The fourth-order valence-electron chi connectivity index (χ4n) is 0. The fraction of sp³-hybridized carbons (Fsp3) is 0.500. The molecule has 0 bridgehead atoms. The van der Waals surface area contributed by atoms with E-state index in [4.69, 9.17) is 19.8 Å². The second-order valence-corrected chi connectivity index (χ2v) is 0.983. The van der Waals surface area contributed by atoms with Crippen molar-refractivity contribution in [2.75, 3.05) is 0 Å². The maximum absolute atomic E-state index is 8.89. The molecule has 0 spiro atoms. The average molecular weight is 182 g/mol. The largest absolute Gasteiger partial charge is 2.00 e. The zero-order chi connectivity index (χ0) is 7.15. The van der Waals surface area contributed by atoms with Crippen LogP contribution in [0.25, 0.3) is 0 Å². The van der Waals surface area contributed by atoms with Crippen molar-refractivity contribution < 1.29 is 19.8 Å². The van der Waals surface area contributed by atoms with Crippen molar-refractivity contribution in [3.05, 3.63) is 0 Å². The van der Waals surface area contributed by atoms with Crippen molar-refractivity contribution in [1.29, 1.82) is 0 Å². The number of carbonyl (C=O) groups excluding carboxylic acids is 2. The second kappa shape index (κ2) is 16.7. The minimum absolute atomic E-state index is 0. The van der Waals surface area contributed by atoms with Gasteiger partial charge in [0, 0.05) is 11.9 Å². The summed E-state index contributed by atoms with van der Waals surface area (Å²) >= 11 is 0. The van der Waals surface area contributed by atoms with E-state index in [1.54, 1.807) is 0 Å². The number of carbonyl (C=O) groups is 2. The summed E-state index contributed by atoms with van der Waals surface area (Å²) < 4.78 is 0. The van der Waals surface area contributed by atoms with Gasteiger partial charge >= 0.3 is 74.4 Å². The third kappa shape index (κ3) is 361. The Morgan fingerprint density at radius 3 is 1.00 bits per heavy atom. The van der Waals surface area contributed by atoms with Gasteiger partial charge in [-0.1, -0.05) is 0 Å². The molecule has 0 saturated heterocycles. The van der Waals surface area contributed by atoms with Gasteiger partial charge in [0.1, 0.15) is 0 Å². The van der Waals surface area contributed by atoms with Crippen LogP contribution in [0.2, 0.25) is 0 Å². The van der Waals surface area contributed by atoms with Gasteiger partial charge in [-0.25, -0.2) is 0 Å². The maximum atomic E-state index is 8.89. The van der Waals surface area contributed by atoms with Crippen LogP contribution in [0, 0.1) is 0 Å². The SMILES string of the molecule is CC(=O)[O-].CC(=O)[O-].[KH].[Mg+2]. The minimum Gasteiger partial charge on any atom is 2.00 e. The predicted molar refractivity (Wildman–Crippen MR) is 34.3 cm³/mol. The Bertz CT molecular complexity index is 75.3. The van der Waals surface area contributed by atoms with E-state index in [-0.39, 0.29) is 74.4 Å².